The lowest BCUT2D eigenvalue weighted by Gasteiger charge is -2.04. The number of nitrogens with one attached hydrogen (secondary N) is 1. The Bertz CT molecular complexity index is 738. The van der Waals surface area contributed by atoms with Gasteiger partial charge >= 0.3 is 0 Å². The first kappa shape index (κ1) is 16.0. The topological polar surface area (TPSA) is 42.0 Å². The van der Waals surface area contributed by atoms with Crippen molar-refractivity contribution in [3.8, 4) is 0 Å². The van der Waals surface area contributed by atoms with Gasteiger partial charge < -0.3 is 5.32 Å². The van der Waals surface area contributed by atoms with E-state index in [4.69, 9.17) is 0 Å². The van der Waals surface area contributed by atoms with Crippen molar-refractivity contribution in [3.05, 3.63) is 59.6 Å². The van der Waals surface area contributed by atoms with Gasteiger partial charge in [0.2, 0.25) is 5.91 Å². The maximum atomic E-state index is 11.9. The second-order valence-electron chi connectivity index (χ2n) is 5.09. The van der Waals surface area contributed by atoms with Gasteiger partial charge in [-0.05, 0) is 24.3 Å². The molecule has 23 heavy (non-hydrogen) atoms. The van der Waals surface area contributed by atoms with Crippen molar-refractivity contribution in [2.75, 3.05) is 12.3 Å². The molecular formula is C18H18N2OS2. The van der Waals surface area contributed by atoms with E-state index in [2.05, 4.69) is 28.5 Å². The molecule has 0 spiro atoms. The Kier molecular flexibility index (Phi) is 5.66. The molecule has 3 rings (SSSR count). The Balaban J connectivity index is 1.38. The van der Waals surface area contributed by atoms with Crippen LogP contribution in [0.5, 0.6) is 0 Å². The number of amides is 1. The third kappa shape index (κ3) is 4.81. The number of thioether (sulfide) groups is 1. The molecule has 0 aliphatic carbocycles. The number of nitrogens with zero attached hydrogens (tertiary/aromatic N) is 1. The molecule has 1 aromatic heterocycles. The smallest absolute Gasteiger partial charge is 0.220 e. The van der Waals surface area contributed by atoms with Crippen molar-refractivity contribution in [3.63, 3.8) is 0 Å². The normalized spacial score (nSPS) is 10.8. The van der Waals surface area contributed by atoms with E-state index in [9.17, 15) is 4.79 Å². The zero-order chi connectivity index (χ0) is 15.9. The number of aromatic nitrogens is 1. The van der Waals surface area contributed by atoms with Crippen LogP contribution in [0.2, 0.25) is 0 Å². The van der Waals surface area contributed by atoms with Gasteiger partial charge in [-0.15, -0.1) is 23.1 Å². The zero-order valence-corrected chi connectivity index (χ0v) is 14.3. The number of para-hydroxylation sites is 1. The van der Waals surface area contributed by atoms with Crippen LogP contribution in [0, 0.1) is 0 Å². The number of hydrogen-bond donors (Lipinski definition) is 1. The van der Waals surface area contributed by atoms with Crippen LogP contribution in [0.15, 0.2) is 59.5 Å². The highest BCUT2D eigenvalue weighted by atomic mass is 32.2. The molecule has 0 aliphatic heterocycles. The summed E-state index contributed by atoms with van der Waals surface area (Å²) in [6.07, 6.45) is 1.20. The summed E-state index contributed by atoms with van der Waals surface area (Å²) in [7, 11) is 0. The largest absolute Gasteiger partial charge is 0.355 e. The second kappa shape index (κ2) is 8.13. The highest BCUT2D eigenvalue weighted by Crippen LogP contribution is 2.22. The van der Waals surface area contributed by atoms with Crippen molar-refractivity contribution in [1.29, 1.82) is 0 Å². The molecule has 1 N–H and O–H groups in total. The molecule has 0 aliphatic rings. The van der Waals surface area contributed by atoms with E-state index in [0.717, 1.165) is 16.3 Å². The van der Waals surface area contributed by atoms with Crippen LogP contribution in [0.25, 0.3) is 10.2 Å². The van der Waals surface area contributed by atoms with Gasteiger partial charge in [-0.3, -0.25) is 4.79 Å². The van der Waals surface area contributed by atoms with E-state index in [-0.39, 0.29) is 5.91 Å². The molecule has 5 heteroatoms. The van der Waals surface area contributed by atoms with Gasteiger partial charge in [0.25, 0.3) is 0 Å². The summed E-state index contributed by atoms with van der Waals surface area (Å²) in [5, 5.41) is 4.00. The maximum Gasteiger partial charge on any atom is 0.220 e. The quantitative estimate of drug-likeness (QED) is 0.518. The fraction of sp³-hybridized carbons (Fsp3) is 0.222. The van der Waals surface area contributed by atoms with Gasteiger partial charge in [-0.25, -0.2) is 4.98 Å². The molecule has 1 heterocycles. The molecule has 118 valence electrons. The van der Waals surface area contributed by atoms with E-state index in [0.29, 0.717) is 19.4 Å². The summed E-state index contributed by atoms with van der Waals surface area (Å²) in [5.41, 5.74) is 1.02. The number of aryl methyl sites for hydroxylation is 1. The monoisotopic (exact) mass is 342 g/mol. The molecule has 3 aromatic rings. The van der Waals surface area contributed by atoms with E-state index in [1.807, 2.05) is 36.4 Å². The third-order valence-corrected chi connectivity index (χ3v) is 5.45. The van der Waals surface area contributed by atoms with Crippen LogP contribution in [0.1, 0.15) is 11.4 Å². The molecule has 0 saturated heterocycles. The lowest BCUT2D eigenvalue weighted by atomic mass is 10.3. The first-order valence-electron chi connectivity index (χ1n) is 7.60. The SMILES string of the molecule is O=C(CCc1nc2ccccc2s1)NCCSc1ccccc1. The number of carbonyl (C=O) groups excluding carboxylic acids is 1. The van der Waals surface area contributed by atoms with E-state index >= 15 is 0 Å². The summed E-state index contributed by atoms with van der Waals surface area (Å²) in [5.74, 6) is 0.981. The second-order valence-corrected chi connectivity index (χ2v) is 7.37. The number of fused-ring (bicyclic) bond motifs is 1. The van der Waals surface area contributed by atoms with Gasteiger partial charge in [0.05, 0.1) is 15.2 Å². The molecule has 1 amide bonds. The van der Waals surface area contributed by atoms with Crippen molar-refractivity contribution < 1.29 is 4.79 Å². The van der Waals surface area contributed by atoms with Gasteiger partial charge in [0, 0.05) is 30.0 Å². The Morgan fingerprint density at radius 2 is 1.87 bits per heavy atom. The summed E-state index contributed by atoms with van der Waals surface area (Å²) < 4.78 is 1.18. The zero-order valence-electron chi connectivity index (χ0n) is 12.7. The minimum Gasteiger partial charge on any atom is -0.355 e. The average Bonchev–Trinajstić information content (AvgIpc) is 3.01. The Morgan fingerprint density at radius 3 is 2.70 bits per heavy atom. The molecule has 0 radical (unpaired) electrons. The van der Waals surface area contributed by atoms with Gasteiger partial charge in [-0.1, -0.05) is 30.3 Å². The first-order valence-corrected chi connectivity index (χ1v) is 9.40. The highest BCUT2D eigenvalue weighted by Gasteiger charge is 2.06. The third-order valence-electron chi connectivity index (χ3n) is 3.34. The summed E-state index contributed by atoms with van der Waals surface area (Å²) in [4.78, 5) is 17.7. The lowest BCUT2D eigenvalue weighted by Crippen LogP contribution is -2.25. The van der Waals surface area contributed by atoms with Crippen LogP contribution in [-0.4, -0.2) is 23.2 Å². The fourth-order valence-electron chi connectivity index (χ4n) is 2.21. The molecule has 0 saturated carbocycles. The molecule has 2 aromatic carbocycles. The Morgan fingerprint density at radius 1 is 1.09 bits per heavy atom. The van der Waals surface area contributed by atoms with E-state index in [1.165, 1.54) is 9.60 Å². The predicted octanol–water partition coefficient (Wildman–Crippen LogP) is 4.14. The standard InChI is InChI=1S/C18H18N2OS2/c21-17(19-12-13-22-14-6-2-1-3-7-14)10-11-18-20-15-8-4-5-9-16(15)23-18/h1-9H,10-13H2,(H,19,21). The Labute approximate surface area is 144 Å². The summed E-state index contributed by atoms with van der Waals surface area (Å²) >= 11 is 3.42. The van der Waals surface area contributed by atoms with Crippen molar-refractivity contribution in [2.24, 2.45) is 0 Å². The molecule has 0 atom stereocenters. The fourth-order valence-corrected chi connectivity index (χ4v) is 3.97. The van der Waals surface area contributed by atoms with Gasteiger partial charge in [0.15, 0.2) is 0 Å². The number of hydrogen-bond acceptors (Lipinski definition) is 4. The Hall–Kier alpha value is -1.85. The minimum atomic E-state index is 0.0953. The predicted molar refractivity (Wildman–Crippen MR) is 98.1 cm³/mol. The van der Waals surface area contributed by atoms with Crippen LogP contribution >= 0.6 is 23.1 Å². The average molecular weight is 342 g/mol. The summed E-state index contributed by atoms with van der Waals surface area (Å²) in [6.45, 7) is 0.693. The molecule has 0 bridgehead atoms. The first-order chi connectivity index (χ1) is 11.3. The number of rotatable bonds is 7. The van der Waals surface area contributed by atoms with Crippen molar-refractivity contribution in [1.82, 2.24) is 10.3 Å². The number of benzene rings is 2. The van der Waals surface area contributed by atoms with Gasteiger partial charge in [0.1, 0.15) is 0 Å². The van der Waals surface area contributed by atoms with Crippen molar-refractivity contribution in [2.45, 2.75) is 17.7 Å². The number of carbonyl (C=O) groups is 1. The molecular weight excluding hydrogens is 324 g/mol. The molecule has 3 nitrogen and oxygen atoms in total. The molecule has 0 unspecified atom stereocenters. The van der Waals surface area contributed by atoms with Crippen LogP contribution < -0.4 is 5.32 Å². The molecule has 0 fully saturated rings. The maximum absolute atomic E-state index is 11.9. The van der Waals surface area contributed by atoms with E-state index < -0.39 is 0 Å². The summed E-state index contributed by atoms with van der Waals surface area (Å²) in [6, 6.07) is 18.3. The highest BCUT2D eigenvalue weighted by molar-refractivity contribution is 7.99. The van der Waals surface area contributed by atoms with Crippen LogP contribution in [0.4, 0.5) is 0 Å². The minimum absolute atomic E-state index is 0.0953. The van der Waals surface area contributed by atoms with Crippen molar-refractivity contribution >= 4 is 39.2 Å². The number of thiazole rings is 1. The van der Waals surface area contributed by atoms with Gasteiger partial charge in [-0.2, -0.15) is 0 Å². The lowest BCUT2D eigenvalue weighted by molar-refractivity contribution is -0.120. The van der Waals surface area contributed by atoms with Crippen LogP contribution in [0.3, 0.4) is 0 Å². The van der Waals surface area contributed by atoms with Crippen LogP contribution in [-0.2, 0) is 11.2 Å². The van der Waals surface area contributed by atoms with E-state index in [1.54, 1.807) is 23.1 Å².